The number of allylic oxidation sites excluding steroid dienone is 2. The summed E-state index contributed by atoms with van der Waals surface area (Å²) in [5, 5.41) is 2.55. The molecule has 2 saturated carbocycles. The second kappa shape index (κ2) is 9.03. The monoisotopic (exact) mass is 559 g/mol. The van der Waals surface area contributed by atoms with E-state index in [9.17, 15) is 35.9 Å². The second-order valence-corrected chi connectivity index (χ2v) is 13.1. The minimum Gasteiger partial charge on any atom is -0.325 e. The zero-order chi connectivity index (χ0) is 27.8. The molecule has 10 heteroatoms. The SMILES string of the molecule is CC1C=C2SC(=O)CC[C@]2(C)[C@@H]2CC[C@]3(C)C(C(=O)Nc4ccc(C(F)(F)F)cc4C(F)(F)F)CC[C@H]3[C@H]12. The van der Waals surface area contributed by atoms with Crippen molar-refractivity contribution in [2.45, 2.75) is 71.6 Å². The van der Waals surface area contributed by atoms with E-state index in [1.54, 1.807) is 0 Å². The maximum Gasteiger partial charge on any atom is 0.418 e. The third-order valence-electron chi connectivity index (χ3n) is 10.0. The fourth-order valence-electron chi connectivity index (χ4n) is 8.10. The average Bonchev–Trinajstić information content (AvgIpc) is 3.16. The summed E-state index contributed by atoms with van der Waals surface area (Å²) >= 11 is 1.36. The predicted octanol–water partition coefficient (Wildman–Crippen LogP) is 8.31. The standard InChI is InChI=1S/C28H31F6NO2S/c1-14-12-21-26(3,11-9-22(36)38-21)17-8-10-25(2)16(23(14)17)5-6-18(25)24(37)35-20-7-4-15(27(29,30)31)13-19(20)28(32,33)34/h4,7,12-14,16-18,23H,5-6,8-11H2,1-3H3,(H,35,37)/t14?,16-,17+,18?,23-,25-,26+/m0/s1. The van der Waals surface area contributed by atoms with Gasteiger partial charge in [0.05, 0.1) is 16.8 Å². The Balaban J connectivity index is 1.41. The molecular weight excluding hydrogens is 528 g/mol. The fraction of sp³-hybridized carbons (Fsp3) is 0.643. The summed E-state index contributed by atoms with van der Waals surface area (Å²) in [5.41, 5.74) is -4.07. The number of fused-ring (bicyclic) bond motifs is 5. The maximum atomic E-state index is 13.7. The van der Waals surface area contributed by atoms with Crippen LogP contribution in [-0.2, 0) is 21.9 Å². The van der Waals surface area contributed by atoms with E-state index in [0.29, 0.717) is 36.8 Å². The van der Waals surface area contributed by atoms with Gasteiger partial charge in [0.25, 0.3) is 0 Å². The van der Waals surface area contributed by atoms with Gasteiger partial charge in [-0.1, -0.05) is 38.6 Å². The van der Waals surface area contributed by atoms with E-state index < -0.39 is 46.4 Å². The van der Waals surface area contributed by atoms with E-state index in [1.807, 2.05) is 0 Å². The molecule has 1 saturated heterocycles. The first kappa shape index (κ1) is 27.6. The van der Waals surface area contributed by atoms with Gasteiger partial charge in [-0.05, 0) is 84.3 Å². The van der Waals surface area contributed by atoms with Gasteiger partial charge >= 0.3 is 12.4 Å². The molecule has 5 rings (SSSR count). The molecule has 1 N–H and O–H groups in total. The van der Waals surface area contributed by atoms with Crippen LogP contribution in [0.2, 0.25) is 0 Å². The molecule has 0 radical (unpaired) electrons. The number of thioether (sulfide) groups is 1. The van der Waals surface area contributed by atoms with Crippen LogP contribution in [0, 0.1) is 40.4 Å². The van der Waals surface area contributed by atoms with Crippen molar-refractivity contribution in [3.8, 4) is 0 Å². The van der Waals surface area contributed by atoms with Crippen molar-refractivity contribution in [1.29, 1.82) is 0 Å². The highest BCUT2D eigenvalue weighted by atomic mass is 32.2. The van der Waals surface area contributed by atoms with E-state index in [0.717, 1.165) is 30.6 Å². The molecule has 208 valence electrons. The van der Waals surface area contributed by atoms with Gasteiger partial charge in [0.2, 0.25) is 5.91 Å². The highest BCUT2D eigenvalue weighted by molar-refractivity contribution is 8.17. The van der Waals surface area contributed by atoms with Gasteiger partial charge in [0.15, 0.2) is 5.12 Å². The third-order valence-corrected chi connectivity index (χ3v) is 11.3. The molecule has 3 fully saturated rings. The van der Waals surface area contributed by atoms with E-state index in [4.69, 9.17) is 0 Å². The molecule has 4 aliphatic rings. The summed E-state index contributed by atoms with van der Waals surface area (Å²) in [4.78, 5) is 26.7. The molecule has 7 atom stereocenters. The lowest BCUT2D eigenvalue weighted by molar-refractivity contribution is -0.142. The molecular formula is C28H31F6NO2S. The summed E-state index contributed by atoms with van der Waals surface area (Å²) < 4.78 is 80.2. The molecule has 38 heavy (non-hydrogen) atoms. The van der Waals surface area contributed by atoms with Crippen LogP contribution < -0.4 is 5.32 Å². The van der Waals surface area contributed by atoms with Gasteiger partial charge in [0, 0.05) is 17.8 Å². The lowest BCUT2D eigenvalue weighted by atomic mass is 9.48. The maximum absolute atomic E-state index is 13.7. The zero-order valence-electron chi connectivity index (χ0n) is 21.4. The molecule has 2 unspecified atom stereocenters. The number of halogens is 6. The van der Waals surface area contributed by atoms with Crippen LogP contribution in [0.5, 0.6) is 0 Å². The molecule has 3 nitrogen and oxygen atoms in total. The molecule has 1 aliphatic heterocycles. The minimum absolute atomic E-state index is 0.0568. The lowest BCUT2D eigenvalue weighted by Gasteiger charge is -2.58. The van der Waals surface area contributed by atoms with Crippen LogP contribution in [0.25, 0.3) is 0 Å². The third kappa shape index (κ3) is 4.38. The zero-order valence-corrected chi connectivity index (χ0v) is 22.2. The average molecular weight is 560 g/mol. The normalized spacial score (nSPS) is 37.1. The van der Waals surface area contributed by atoms with Crippen molar-refractivity contribution >= 4 is 28.5 Å². The van der Waals surface area contributed by atoms with Crippen LogP contribution in [0.15, 0.2) is 29.2 Å². The van der Waals surface area contributed by atoms with Crippen LogP contribution in [0.1, 0.15) is 70.4 Å². The predicted molar refractivity (Wildman–Crippen MR) is 133 cm³/mol. The first-order valence-corrected chi connectivity index (χ1v) is 13.9. The molecule has 3 aliphatic carbocycles. The Kier molecular flexibility index (Phi) is 6.56. The van der Waals surface area contributed by atoms with Crippen LogP contribution >= 0.6 is 11.8 Å². The number of amides is 1. The number of anilines is 1. The van der Waals surface area contributed by atoms with E-state index in [-0.39, 0.29) is 28.4 Å². The number of hydrogen-bond acceptors (Lipinski definition) is 3. The largest absolute Gasteiger partial charge is 0.418 e. The van der Waals surface area contributed by atoms with Crippen molar-refractivity contribution in [2.75, 3.05) is 5.32 Å². The van der Waals surface area contributed by atoms with Crippen molar-refractivity contribution < 1.29 is 35.9 Å². The smallest absolute Gasteiger partial charge is 0.325 e. The van der Waals surface area contributed by atoms with Crippen molar-refractivity contribution in [2.24, 2.45) is 40.4 Å². The van der Waals surface area contributed by atoms with Gasteiger partial charge < -0.3 is 5.32 Å². The lowest BCUT2D eigenvalue weighted by Crippen LogP contribution is -2.52. The van der Waals surface area contributed by atoms with Crippen molar-refractivity contribution in [3.63, 3.8) is 0 Å². The molecule has 1 aromatic rings. The van der Waals surface area contributed by atoms with Gasteiger partial charge in [0.1, 0.15) is 0 Å². The highest BCUT2D eigenvalue weighted by Gasteiger charge is 2.61. The molecule has 0 spiro atoms. The first-order valence-electron chi connectivity index (χ1n) is 13.1. The number of hydrogen-bond donors (Lipinski definition) is 1. The number of carbonyl (C=O) groups excluding carboxylic acids is 2. The number of nitrogens with one attached hydrogen (secondary N) is 1. The Bertz CT molecular complexity index is 1190. The van der Waals surface area contributed by atoms with Crippen LogP contribution in [0.4, 0.5) is 32.0 Å². The molecule has 0 bridgehead atoms. The topological polar surface area (TPSA) is 46.2 Å². The molecule has 0 aromatic heterocycles. The first-order chi connectivity index (χ1) is 17.6. The molecule has 1 aromatic carbocycles. The van der Waals surface area contributed by atoms with E-state index >= 15 is 0 Å². The Morgan fingerprint density at radius 3 is 2.37 bits per heavy atom. The summed E-state index contributed by atoms with van der Waals surface area (Å²) in [7, 11) is 0. The fourth-order valence-corrected chi connectivity index (χ4v) is 9.32. The van der Waals surface area contributed by atoms with E-state index in [1.165, 1.54) is 11.8 Å². The summed E-state index contributed by atoms with van der Waals surface area (Å²) in [6, 6.07) is 1.32. The Morgan fingerprint density at radius 2 is 1.71 bits per heavy atom. The van der Waals surface area contributed by atoms with Gasteiger partial charge in [-0.3, -0.25) is 9.59 Å². The summed E-state index contributed by atoms with van der Waals surface area (Å²) in [6.07, 6.45) is -3.53. The summed E-state index contributed by atoms with van der Waals surface area (Å²) in [6.45, 7) is 6.45. The summed E-state index contributed by atoms with van der Waals surface area (Å²) in [5.74, 6) is -0.0396. The number of carbonyl (C=O) groups is 2. The molecule has 1 amide bonds. The van der Waals surface area contributed by atoms with Crippen LogP contribution in [0.3, 0.4) is 0 Å². The Labute approximate surface area is 222 Å². The second-order valence-electron chi connectivity index (χ2n) is 12.0. The van der Waals surface area contributed by atoms with E-state index in [2.05, 4.69) is 32.2 Å². The number of rotatable bonds is 2. The number of benzene rings is 1. The van der Waals surface area contributed by atoms with Crippen molar-refractivity contribution in [3.05, 3.63) is 40.3 Å². The van der Waals surface area contributed by atoms with Gasteiger partial charge in [-0.2, -0.15) is 26.3 Å². The Hall–Kier alpha value is -1.97. The van der Waals surface area contributed by atoms with Gasteiger partial charge in [-0.25, -0.2) is 0 Å². The number of alkyl halides is 6. The highest BCUT2D eigenvalue weighted by Crippen LogP contribution is 2.68. The van der Waals surface area contributed by atoms with Crippen LogP contribution in [-0.4, -0.2) is 11.0 Å². The minimum atomic E-state index is -5.06. The quantitative estimate of drug-likeness (QED) is 0.371. The van der Waals surface area contributed by atoms with Gasteiger partial charge in [-0.15, -0.1) is 0 Å². The molecule has 1 heterocycles. The van der Waals surface area contributed by atoms with Crippen molar-refractivity contribution in [1.82, 2.24) is 0 Å². The Morgan fingerprint density at radius 1 is 1.00 bits per heavy atom.